The van der Waals surface area contributed by atoms with Gasteiger partial charge < -0.3 is 64.3 Å². The fraction of sp³-hybridized carbons (Fsp3) is 0.352. The topological polar surface area (TPSA) is 269 Å². The molecule has 7 saturated carbocycles. The van der Waals surface area contributed by atoms with Crippen molar-refractivity contribution >= 4 is 97.6 Å². The molecule has 6 aliphatic heterocycles. The molecule has 13 aliphatic rings. The molecule has 18 heterocycles. The normalized spacial score (nSPS) is 20.8. The molecule has 7 aliphatic carbocycles. The smallest absolute Gasteiger partial charge is 0.168 e. The van der Waals surface area contributed by atoms with Crippen LogP contribution in [0, 0.1) is 29.1 Å². The number of halogens is 5. The average molecular weight is 1930 g/mol. The number of anilines is 5. The third-order valence-electron chi connectivity index (χ3n) is 30.7. The lowest BCUT2D eigenvalue weighted by molar-refractivity contribution is 0.107. The van der Waals surface area contributed by atoms with Gasteiger partial charge in [-0.3, -0.25) is 4.98 Å². The minimum atomic E-state index is -2.50. The fourth-order valence-electron chi connectivity index (χ4n) is 21.0. The summed E-state index contributed by atoms with van der Waals surface area (Å²) < 4.78 is 129. The summed E-state index contributed by atoms with van der Waals surface area (Å²) in [7, 11) is 8.08. The number of nitrogens with zero attached hydrogens (tertiary/aromatic N) is 23. The first-order valence-electron chi connectivity index (χ1n) is 49.3. The Morgan fingerprint density at radius 2 is 0.794 bits per heavy atom. The van der Waals surface area contributed by atoms with Gasteiger partial charge in [-0.05, 0) is 206 Å². The van der Waals surface area contributed by atoms with E-state index in [1.165, 1.54) is 41.6 Å². The van der Waals surface area contributed by atoms with Crippen molar-refractivity contribution in [1.82, 2.24) is 104 Å². The van der Waals surface area contributed by atoms with Crippen LogP contribution >= 0.6 is 11.8 Å². The maximum absolute atomic E-state index is 14.4. The van der Waals surface area contributed by atoms with Crippen molar-refractivity contribution < 1.29 is 45.0 Å². The molecule has 36 heteroatoms. The van der Waals surface area contributed by atoms with Crippen LogP contribution in [-0.2, 0) is 38.9 Å². The second kappa shape index (κ2) is 33.5. The van der Waals surface area contributed by atoms with Gasteiger partial charge in [0, 0.05) is 151 Å². The number of hydrogen-bond acceptors (Lipinski definition) is 26. The number of aryl methyl sites for hydroxylation is 1. The minimum absolute atomic E-state index is 0.00235. The molecule has 30 nitrogen and oxygen atoms in total. The lowest BCUT2D eigenvalue weighted by Gasteiger charge is -2.43. The van der Waals surface area contributed by atoms with Crippen LogP contribution in [0.4, 0.5) is 51.0 Å². The summed E-state index contributed by atoms with van der Waals surface area (Å²) >= 11 is 1.71. The summed E-state index contributed by atoms with van der Waals surface area (Å²) in [6.45, 7) is 21.7. The first-order valence-corrected chi connectivity index (χ1v) is 48.8. The Balaban J connectivity index is 0.0000000970. The van der Waals surface area contributed by atoms with Crippen LogP contribution in [0.5, 0.6) is 17.2 Å². The lowest BCUT2D eigenvalue weighted by atomic mass is 9.98. The summed E-state index contributed by atoms with van der Waals surface area (Å²) in [6, 6.07) is 26.9. The van der Waals surface area contributed by atoms with Crippen LogP contribution in [0.3, 0.4) is 0 Å². The van der Waals surface area contributed by atoms with Gasteiger partial charge >= 0.3 is 0 Å². The van der Waals surface area contributed by atoms with E-state index in [0.29, 0.717) is 84.6 Å². The number of fused-ring (bicyclic) bond motifs is 16. The zero-order valence-corrected chi connectivity index (χ0v) is 79.3. The molecule has 8 fully saturated rings. The molecule has 15 aromatic rings. The van der Waals surface area contributed by atoms with Crippen molar-refractivity contribution in [2.45, 2.75) is 159 Å². The van der Waals surface area contributed by atoms with Crippen molar-refractivity contribution in [2.75, 3.05) is 105 Å². The Bertz CT molecular complexity index is 7620. The van der Waals surface area contributed by atoms with Crippen molar-refractivity contribution in [1.29, 1.82) is 0 Å². The molecule has 0 amide bonds. The summed E-state index contributed by atoms with van der Waals surface area (Å²) in [4.78, 5) is 45.3. The lowest BCUT2D eigenvalue weighted by Crippen LogP contribution is -2.49. The highest BCUT2D eigenvalue weighted by atomic mass is 32.2. The summed E-state index contributed by atoms with van der Waals surface area (Å²) in [5.74, 6) is 5.36. The Labute approximate surface area is 817 Å². The van der Waals surface area contributed by atoms with Gasteiger partial charge in [0.2, 0.25) is 0 Å². The molecular weight excluding hydrogens is 1820 g/mol. The third-order valence-corrected chi connectivity index (χ3v) is 32.0. The Morgan fingerprint density at radius 3 is 1.26 bits per heavy atom. The second-order valence-corrected chi connectivity index (χ2v) is 40.2. The van der Waals surface area contributed by atoms with Gasteiger partial charge in [0.1, 0.15) is 113 Å². The van der Waals surface area contributed by atoms with E-state index in [0.717, 1.165) is 233 Å². The van der Waals surface area contributed by atoms with Gasteiger partial charge in [0.05, 0.1) is 110 Å². The highest BCUT2D eigenvalue weighted by Crippen LogP contribution is 2.60. The van der Waals surface area contributed by atoms with E-state index < -0.39 is 18.3 Å². The Morgan fingerprint density at radius 1 is 0.404 bits per heavy atom. The van der Waals surface area contributed by atoms with Crippen LogP contribution in [0.15, 0.2) is 209 Å². The van der Waals surface area contributed by atoms with Crippen LogP contribution in [0.1, 0.15) is 168 Å². The second-order valence-electron chi connectivity index (χ2n) is 39.2. The van der Waals surface area contributed by atoms with E-state index in [9.17, 15) is 22.0 Å². The van der Waals surface area contributed by atoms with Crippen LogP contribution in [-0.4, -0.2) is 185 Å². The van der Waals surface area contributed by atoms with Crippen LogP contribution in [0.2, 0.25) is 0 Å². The fourth-order valence-corrected chi connectivity index (χ4v) is 22.3. The highest BCUT2D eigenvalue weighted by molar-refractivity contribution is 7.99. The molecule has 10 bridgehead atoms. The predicted octanol–water partition coefficient (Wildman–Crippen LogP) is 16.8. The van der Waals surface area contributed by atoms with Gasteiger partial charge in [0.15, 0.2) is 28.2 Å². The molecule has 28 rings (SSSR count). The van der Waals surface area contributed by atoms with Crippen molar-refractivity contribution in [2.24, 2.45) is 0 Å². The number of aromatic nitrogens is 17. The van der Waals surface area contributed by atoms with E-state index in [4.69, 9.17) is 48.0 Å². The molecule has 720 valence electrons. The molecule has 7 spiro atoms. The number of pyridine rings is 2. The minimum Gasteiger partial charge on any atom is -0.491 e. The van der Waals surface area contributed by atoms with Crippen molar-refractivity contribution in [3.63, 3.8) is 0 Å². The van der Waals surface area contributed by atoms with E-state index in [2.05, 4.69) is 109 Å². The molecule has 141 heavy (non-hydrogen) atoms. The molecule has 1 unspecified atom stereocenters. The maximum atomic E-state index is 14.4. The Hall–Kier alpha value is -14.8. The largest absolute Gasteiger partial charge is 0.491 e. The van der Waals surface area contributed by atoms with E-state index in [-0.39, 0.29) is 68.4 Å². The molecule has 12 aromatic heterocycles. The van der Waals surface area contributed by atoms with Gasteiger partial charge in [-0.1, -0.05) is 32.9 Å². The van der Waals surface area contributed by atoms with Crippen molar-refractivity contribution in [3.05, 3.63) is 295 Å². The average Bonchev–Trinajstić information content (AvgIpc) is 1.57. The number of benzene rings is 3. The number of nitrogens with one attached hydrogen (secondary N) is 3. The highest BCUT2D eigenvalue weighted by Gasteiger charge is 2.57. The molecule has 1 saturated heterocycles. The number of hydrogen-bond donors (Lipinski definition) is 3. The van der Waals surface area contributed by atoms with Gasteiger partial charge in [0.25, 0.3) is 0 Å². The number of ether oxygens (including phenoxy) is 4. The van der Waals surface area contributed by atoms with Crippen LogP contribution < -0.4 is 54.7 Å². The van der Waals surface area contributed by atoms with Crippen molar-refractivity contribution in [3.8, 4) is 17.2 Å². The van der Waals surface area contributed by atoms with Gasteiger partial charge in [-0.15, -0.1) is 11.8 Å². The third kappa shape index (κ3) is 15.6. The SMILES string of the molecule is C=C1NC2(CC2)CSc2ncc(F)cc2C2(CC2)N(C)c2ccn3ncc1c3n2.C=C1NCCCc2ncc(F)cc2C2(CC2)N(C)c2ccn3ncc1c3n2.C=C1OCCOc2ccc(F)cc2C2(CC2)N(C)c2ccn3ncc1c3n2.C=C1c2cnn3ccc(nc23)N(C)C2(CC2)c2cc(F)ccc2OCC2CCN12.[2H]C([2H])([2H])N1c2ccn3ncc(c3n2)C(=C)NC2(CC2)COc2ccc(F)cc2C12CC2. The molecule has 3 aromatic carbocycles. The monoisotopic (exact) mass is 1920 g/mol. The van der Waals surface area contributed by atoms with E-state index in [1.54, 1.807) is 108 Å². The zero-order valence-electron chi connectivity index (χ0n) is 81.5. The first-order chi connectivity index (χ1) is 69.4. The summed E-state index contributed by atoms with van der Waals surface area (Å²) in [5.41, 5.74) is 13.9. The summed E-state index contributed by atoms with van der Waals surface area (Å²) in [6.07, 6.45) is 36.1. The number of rotatable bonds is 0. The molecule has 0 radical (unpaired) electrons. The standard InChI is InChI=1S/2C22H22FN5O.C21H21FN6S.C20H21FN6.C20H19FN4O2/c1-14-17-12-24-28-10-6-20(25-21(17)28)26(2)22(7-8-22)18-11-15(23)3-4-19(18)29-13-16-5-9-27(14)16;1-14-16-12-24-28-10-5-19(25-20(16)28)27(2)22(8-9-22)17-11-15(23)3-4-18(17)29-13-21(26-14)6-7-21;1-13-15-11-24-28-8-3-17(25-18(15)28)27(2)21(6-7-21)16-9-14(22)10-23-19(16)29-12-20(26-13)4-5-20;1-13-15-12-24-27-9-5-18(25-19(15)27)26(2)20(6-7-20)16-10-14(21)11-23-17(16)4-3-8-22-13;1-13-15-12-22-25-8-5-18(23-19(15)25)24(2)20(6-7-20)16-11-14(21)3-4-17(16)27-10-9-26-13/h3-4,6,10-12,16H,1,5,7-9,13H2,2H3;3-5,10-12,26H,1,6-9,13H2,2H3;3,8-11,26H,1,4-7,12H2,2H3;5,9-12,22H,1,3-4,6-8H2,2H3;3-5,8,11-12H,1,6-7,9-10H2,2H3/i;2D3;;;. The summed E-state index contributed by atoms with van der Waals surface area (Å²) in [5, 5.41) is 33.3. The van der Waals surface area contributed by atoms with Gasteiger partial charge in [-0.2, -0.15) is 25.5 Å². The number of thioether (sulfide) groups is 1. The molecule has 1 atom stereocenters. The molecular formula is C105H105F5N26O4S. The first kappa shape index (κ1) is 85.4. The maximum Gasteiger partial charge on any atom is 0.168 e. The van der Waals surface area contributed by atoms with E-state index >= 15 is 0 Å². The van der Waals surface area contributed by atoms with Crippen LogP contribution in [0.25, 0.3) is 56.8 Å². The zero-order chi connectivity index (χ0) is 99.0. The van der Waals surface area contributed by atoms with E-state index in [1.807, 2.05) is 89.6 Å². The van der Waals surface area contributed by atoms with Gasteiger partial charge in [-0.25, -0.2) is 74.4 Å². The quantitative estimate of drug-likeness (QED) is 0.119. The predicted molar refractivity (Wildman–Crippen MR) is 529 cm³/mol. The Kier molecular flexibility index (Phi) is 20.3. The molecule has 3 N–H and O–H groups in total.